The van der Waals surface area contributed by atoms with E-state index in [0.29, 0.717) is 6.61 Å². The van der Waals surface area contributed by atoms with Gasteiger partial charge in [0.05, 0.1) is 0 Å². The molecule has 0 amide bonds. The average Bonchev–Trinajstić information content (AvgIpc) is 2.84. The SMILES string of the molecule is OCC1(CNCc2cc(Br)cs2)CC1. The van der Waals surface area contributed by atoms with Gasteiger partial charge in [-0.05, 0) is 34.8 Å². The summed E-state index contributed by atoms with van der Waals surface area (Å²) in [6.07, 6.45) is 2.34. The van der Waals surface area contributed by atoms with Gasteiger partial charge in [0.25, 0.3) is 0 Å². The van der Waals surface area contributed by atoms with Crippen LogP contribution >= 0.6 is 27.3 Å². The van der Waals surface area contributed by atoms with E-state index in [9.17, 15) is 0 Å². The molecule has 1 aliphatic rings. The predicted octanol–water partition coefficient (Wildman–Crippen LogP) is 2.37. The van der Waals surface area contributed by atoms with Gasteiger partial charge in [-0.25, -0.2) is 0 Å². The third-order valence-electron chi connectivity index (χ3n) is 2.71. The van der Waals surface area contributed by atoms with Crippen LogP contribution in [0.3, 0.4) is 0 Å². The van der Waals surface area contributed by atoms with Crippen molar-refractivity contribution in [1.82, 2.24) is 5.32 Å². The van der Waals surface area contributed by atoms with Crippen molar-refractivity contribution in [2.24, 2.45) is 5.41 Å². The zero-order valence-electron chi connectivity index (χ0n) is 7.92. The molecule has 1 fully saturated rings. The molecule has 2 rings (SSSR count). The first-order valence-electron chi connectivity index (χ1n) is 4.79. The Morgan fingerprint density at radius 3 is 2.86 bits per heavy atom. The Morgan fingerprint density at radius 2 is 2.36 bits per heavy atom. The van der Waals surface area contributed by atoms with Crippen LogP contribution in [0.4, 0.5) is 0 Å². The number of nitrogens with one attached hydrogen (secondary N) is 1. The van der Waals surface area contributed by atoms with Crippen LogP contribution in [0.25, 0.3) is 0 Å². The largest absolute Gasteiger partial charge is 0.396 e. The summed E-state index contributed by atoms with van der Waals surface area (Å²) in [5.74, 6) is 0. The predicted molar refractivity (Wildman–Crippen MR) is 62.5 cm³/mol. The molecule has 78 valence electrons. The van der Waals surface area contributed by atoms with Gasteiger partial charge in [-0.3, -0.25) is 0 Å². The third kappa shape index (κ3) is 2.57. The molecule has 2 N–H and O–H groups in total. The lowest BCUT2D eigenvalue weighted by atomic mass is 10.1. The molecule has 0 radical (unpaired) electrons. The first-order chi connectivity index (χ1) is 6.74. The summed E-state index contributed by atoms with van der Waals surface area (Å²) < 4.78 is 1.16. The van der Waals surface area contributed by atoms with Crippen LogP contribution in [-0.4, -0.2) is 18.3 Å². The van der Waals surface area contributed by atoms with E-state index in [0.717, 1.165) is 17.6 Å². The molecule has 0 aliphatic heterocycles. The quantitative estimate of drug-likeness (QED) is 0.865. The van der Waals surface area contributed by atoms with Crippen molar-refractivity contribution in [3.05, 3.63) is 20.8 Å². The number of aliphatic hydroxyl groups is 1. The molecule has 0 saturated heterocycles. The second kappa shape index (κ2) is 4.31. The Kier molecular flexibility index (Phi) is 3.27. The van der Waals surface area contributed by atoms with Crippen LogP contribution in [0.1, 0.15) is 17.7 Å². The van der Waals surface area contributed by atoms with Crippen molar-refractivity contribution in [2.75, 3.05) is 13.2 Å². The van der Waals surface area contributed by atoms with E-state index in [1.54, 1.807) is 11.3 Å². The zero-order chi connectivity index (χ0) is 10.0. The molecule has 1 aromatic rings. The monoisotopic (exact) mass is 275 g/mol. The van der Waals surface area contributed by atoms with Crippen molar-refractivity contribution in [3.63, 3.8) is 0 Å². The molecule has 1 aromatic heterocycles. The summed E-state index contributed by atoms with van der Waals surface area (Å²) in [5.41, 5.74) is 0.217. The second-order valence-corrected chi connectivity index (χ2v) is 5.90. The van der Waals surface area contributed by atoms with Crippen molar-refractivity contribution in [3.8, 4) is 0 Å². The van der Waals surface area contributed by atoms with Crippen LogP contribution in [0, 0.1) is 5.41 Å². The fourth-order valence-electron chi connectivity index (χ4n) is 1.46. The molecule has 2 nitrogen and oxygen atoms in total. The van der Waals surface area contributed by atoms with Gasteiger partial charge in [0, 0.05) is 39.8 Å². The van der Waals surface area contributed by atoms with Gasteiger partial charge in [-0.2, -0.15) is 0 Å². The molecule has 0 spiro atoms. The van der Waals surface area contributed by atoms with Crippen LogP contribution in [0.2, 0.25) is 0 Å². The maximum Gasteiger partial charge on any atom is 0.0499 e. The van der Waals surface area contributed by atoms with E-state index in [1.807, 2.05) is 0 Å². The lowest BCUT2D eigenvalue weighted by Crippen LogP contribution is -2.25. The van der Waals surface area contributed by atoms with Crippen molar-refractivity contribution in [2.45, 2.75) is 19.4 Å². The number of rotatable bonds is 5. The summed E-state index contributed by atoms with van der Waals surface area (Å²) in [5, 5.41) is 14.6. The topological polar surface area (TPSA) is 32.3 Å². The Balaban J connectivity index is 1.73. The number of aliphatic hydroxyl groups excluding tert-OH is 1. The molecule has 0 aromatic carbocycles. The molecule has 1 heterocycles. The maximum absolute atomic E-state index is 9.11. The minimum absolute atomic E-state index is 0.217. The van der Waals surface area contributed by atoms with E-state index in [2.05, 4.69) is 32.7 Å². The Hall–Kier alpha value is 0.1000. The van der Waals surface area contributed by atoms with Gasteiger partial charge in [-0.1, -0.05) is 0 Å². The average molecular weight is 276 g/mol. The van der Waals surface area contributed by atoms with Gasteiger partial charge in [0.2, 0.25) is 0 Å². The Morgan fingerprint density at radius 1 is 1.57 bits per heavy atom. The molecule has 1 aliphatic carbocycles. The van der Waals surface area contributed by atoms with Crippen molar-refractivity contribution >= 4 is 27.3 Å². The summed E-state index contributed by atoms with van der Waals surface area (Å²) in [6, 6.07) is 2.14. The van der Waals surface area contributed by atoms with Crippen LogP contribution < -0.4 is 5.32 Å². The smallest absolute Gasteiger partial charge is 0.0499 e. The van der Waals surface area contributed by atoms with Gasteiger partial charge in [0.15, 0.2) is 0 Å². The zero-order valence-corrected chi connectivity index (χ0v) is 10.3. The van der Waals surface area contributed by atoms with Gasteiger partial charge in [-0.15, -0.1) is 11.3 Å². The molecule has 4 heteroatoms. The lowest BCUT2D eigenvalue weighted by Gasteiger charge is -2.11. The third-order valence-corrected chi connectivity index (χ3v) is 4.41. The molecule has 0 atom stereocenters. The normalized spacial score (nSPS) is 18.4. The first-order valence-corrected chi connectivity index (χ1v) is 6.46. The highest BCUT2D eigenvalue weighted by atomic mass is 79.9. The minimum Gasteiger partial charge on any atom is -0.396 e. The van der Waals surface area contributed by atoms with E-state index in [-0.39, 0.29) is 5.41 Å². The van der Waals surface area contributed by atoms with Gasteiger partial charge < -0.3 is 10.4 Å². The molecular formula is C10H14BrNOS. The lowest BCUT2D eigenvalue weighted by molar-refractivity contribution is 0.207. The van der Waals surface area contributed by atoms with Gasteiger partial charge in [0.1, 0.15) is 0 Å². The number of hydrogen-bond donors (Lipinski definition) is 2. The molecular weight excluding hydrogens is 262 g/mol. The number of halogens is 1. The molecule has 14 heavy (non-hydrogen) atoms. The molecule has 0 unspecified atom stereocenters. The minimum atomic E-state index is 0.217. The maximum atomic E-state index is 9.11. The van der Waals surface area contributed by atoms with Crippen LogP contribution in [0.15, 0.2) is 15.9 Å². The van der Waals surface area contributed by atoms with Crippen molar-refractivity contribution in [1.29, 1.82) is 0 Å². The van der Waals surface area contributed by atoms with Gasteiger partial charge >= 0.3 is 0 Å². The van der Waals surface area contributed by atoms with Crippen LogP contribution in [0.5, 0.6) is 0 Å². The van der Waals surface area contributed by atoms with Crippen molar-refractivity contribution < 1.29 is 5.11 Å². The summed E-state index contributed by atoms with van der Waals surface area (Å²) in [6.45, 7) is 2.19. The molecule has 0 bridgehead atoms. The van der Waals surface area contributed by atoms with E-state index in [1.165, 1.54) is 17.7 Å². The second-order valence-electron chi connectivity index (χ2n) is 3.99. The Labute approximate surface area is 96.5 Å². The highest BCUT2D eigenvalue weighted by Crippen LogP contribution is 2.44. The summed E-state index contributed by atoms with van der Waals surface area (Å²) in [4.78, 5) is 1.34. The van der Waals surface area contributed by atoms with E-state index in [4.69, 9.17) is 5.11 Å². The fraction of sp³-hybridized carbons (Fsp3) is 0.600. The van der Waals surface area contributed by atoms with E-state index < -0.39 is 0 Å². The summed E-state index contributed by atoms with van der Waals surface area (Å²) >= 11 is 5.19. The fourth-order valence-corrected chi connectivity index (χ4v) is 2.89. The van der Waals surface area contributed by atoms with Crippen LogP contribution in [-0.2, 0) is 6.54 Å². The number of hydrogen-bond acceptors (Lipinski definition) is 3. The highest BCUT2D eigenvalue weighted by Gasteiger charge is 2.41. The molecule has 1 saturated carbocycles. The first kappa shape index (κ1) is 10.6. The Bertz CT molecular complexity index is 309. The number of thiophene rings is 1. The van der Waals surface area contributed by atoms with E-state index >= 15 is 0 Å². The summed E-state index contributed by atoms with van der Waals surface area (Å²) in [7, 11) is 0. The standard InChI is InChI=1S/C10H14BrNOS/c11-8-3-9(14-5-8)4-12-6-10(7-13)1-2-10/h3,5,12-13H,1-2,4,6-7H2. The highest BCUT2D eigenvalue weighted by molar-refractivity contribution is 9.10.